The van der Waals surface area contributed by atoms with Crippen molar-refractivity contribution in [3.05, 3.63) is 47.5 Å². The average Bonchev–Trinajstić information content (AvgIpc) is 2.67. The smallest absolute Gasteiger partial charge is 0.330 e. The summed E-state index contributed by atoms with van der Waals surface area (Å²) in [6.45, 7) is 6.21. The van der Waals surface area contributed by atoms with Crippen LogP contribution in [-0.4, -0.2) is 30.1 Å². The van der Waals surface area contributed by atoms with Gasteiger partial charge in [-0.3, -0.25) is 4.90 Å². The van der Waals surface area contributed by atoms with E-state index in [0.29, 0.717) is 0 Å². The molecular weight excluding hydrogens is 238 g/mol. The normalized spacial score (nSPS) is 20.7. The highest BCUT2D eigenvalue weighted by molar-refractivity contribution is 5.83. The first-order chi connectivity index (χ1) is 9.04. The number of nitrogens with zero attached hydrogens (tertiary/aromatic N) is 1. The molecule has 0 bridgehead atoms. The fourth-order valence-electron chi connectivity index (χ4n) is 2.57. The quantitative estimate of drug-likeness (QED) is 0.617. The van der Waals surface area contributed by atoms with E-state index >= 15 is 0 Å². The van der Waals surface area contributed by atoms with Crippen LogP contribution in [0.15, 0.2) is 42.0 Å². The highest BCUT2D eigenvalue weighted by Gasteiger charge is 2.36. The van der Waals surface area contributed by atoms with E-state index in [1.807, 2.05) is 6.07 Å². The maximum absolute atomic E-state index is 11.4. The Balaban J connectivity index is 2.13. The molecule has 0 aromatic heterocycles. The zero-order chi connectivity index (χ0) is 13.9. The number of hydrogen-bond donors (Lipinski definition) is 0. The molecule has 1 heterocycles. The number of likely N-dealkylation sites (tertiary alicyclic amines) is 1. The zero-order valence-corrected chi connectivity index (χ0v) is 11.8. The molecule has 1 aliphatic rings. The Labute approximate surface area is 114 Å². The van der Waals surface area contributed by atoms with Crippen LogP contribution in [0.3, 0.4) is 0 Å². The Bertz CT molecular complexity index is 477. The van der Waals surface area contributed by atoms with Crippen molar-refractivity contribution < 1.29 is 9.53 Å². The molecule has 0 aliphatic carbocycles. The van der Waals surface area contributed by atoms with Crippen LogP contribution in [0.1, 0.15) is 25.8 Å². The topological polar surface area (TPSA) is 29.5 Å². The van der Waals surface area contributed by atoms with Gasteiger partial charge in [-0.1, -0.05) is 30.3 Å². The Morgan fingerprint density at radius 2 is 2.05 bits per heavy atom. The third-order valence-corrected chi connectivity index (χ3v) is 3.94. The monoisotopic (exact) mass is 259 g/mol. The average molecular weight is 259 g/mol. The summed E-state index contributed by atoms with van der Waals surface area (Å²) in [4.78, 5) is 13.8. The summed E-state index contributed by atoms with van der Waals surface area (Å²) < 4.78 is 4.73. The van der Waals surface area contributed by atoms with E-state index in [2.05, 4.69) is 43.0 Å². The SMILES string of the molecule is COC(=O)/C=C1\CCN(Cc2ccccc2)C1(C)C. The number of carbonyl (C=O) groups excluding carboxylic acids is 1. The van der Waals surface area contributed by atoms with Crippen LogP contribution in [0.25, 0.3) is 0 Å². The van der Waals surface area contributed by atoms with Gasteiger partial charge >= 0.3 is 5.97 Å². The minimum absolute atomic E-state index is 0.0932. The lowest BCUT2D eigenvalue weighted by molar-refractivity contribution is -0.134. The van der Waals surface area contributed by atoms with Crippen LogP contribution >= 0.6 is 0 Å². The second kappa shape index (κ2) is 5.57. The summed E-state index contributed by atoms with van der Waals surface area (Å²) in [7, 11) is 1.42. The minimum atomic E-state index is -0.260. The summed E-state index contributed by atoms with van der Waals surface area (Å²) in [6.07, 6.45) is 2.57. The number of hydrogen-bond acceptors (Lipinski definition) is 3. The number of benzene rings is 1. The Kier molecular flexibility index (Phi) is 4.05. The van der Waals surface area contributed by atoms with Gasteiger partial charge in [0.05, 0.1) is 7.11 Å². The Hall–Kier alpha value is -1.61. The van der Waals surface area contributed by atoms with Gasteiger partial charge in [-0.2, -0.15) is 0 Å². The zero-order valence-electron chi connectivity index (χ0n) is 11.8. The molecule has 0 saturated carbocycles. The van der Waals surface area contributed by atoms with Crippen molar-refractivity contribution in [3.63, 3.8) is 0 Å². The molecule has 1 aromatic carbocycles. The van der Waals surface area contributed by atoms with Gasteiger partial charge in [0, 0.05) is 24.7 Å². The van der Waals surface area contributed by atoms with Crippen LogP contribution < -0.4 is 0 Å². The first-order valence-corrected chi connectivity index (χ1v) is 6.62. The summed E-state index contributed by atoms with van der Waals surface area (Å²) in [5.74, 6) is -0.260. The summed E-state index contributed by atoms with van der Waals surface area (Å²) in [5, 5.41) is 0. The maximum atomic E-state index is 11.4. The molecule has 0 atom stereocenters. The highest BCUT2D eigenvalue weighted by Crippen LogP contribution is 2.35. The fourth-order valence-corrected chi connectivity index (χ4v) is 2.57. The predicted molar refractivity (Wildman–Crippen MR) is 75.6 cm³/mol. The molecule has 1 aromatic rings. The van der Waals surface area contributed by atoms with Crippen LogP contribution in [0.5, 0.6) is 0 Å². The van der Waals surface area contributed by atoms with E-state index in [1.165, 1.54) is 12.7 Å². The molecule has 3 heteroatoms. The summed E-state index contributed by atoms with van der Waals surface area (Å²) >= 11 is 0. The van der Waals surface area contributed by atoms with Crippen LogP contribution in [0.2, 0.25) is 0 Å². The largest absolute Gasteiger partial charge is 0.466 e. The molecule has 19 heavy (non-hydrogen) atoms. The van der Waals surface area contributed by atoms with Crippen molar-refractivity contribution >= 4 is 5.97 Å². The molecule has 0 amide bonds. The molecule has 0 radical (unpaired) electrons. The second-order valence-electron chi connectivity index (χ2n) is 5.41. The van der Waals surface area contributed by atoms with E-state index in [4.69, 9.17) is 4.74 Å². The third-order valence-electron chi connectivity index (χ3n) is 3.94. The Morgan fingerprint density at radius 3 is 2.68 bits per heavy atom. The molecule has 0 spiro atoms. The first kappa shape index (κ1) is 13.8. The van der Waals surface area contributed by atoms with Gasteiger partial charge in [-0.15, -0.1) is 0 Å². The summed E-state index contributed by atoms with van der Waals surface area (Å²) in [6, 6.07) is 10.4. The van der Waals surface area contributed by atoms with Crippen molar-refractivity contribution in [2.45, 2.75) is 32.4 Å². The van der Waals surface area contributed by atoms with Gasteiger partial charge in [0.15, 0.2) is 0 Å². The molecular formula is C16H21NO2. The van der Waals surface area contributed by atoms with Crippen LogP contribution in [-0.2, 0) is 16.1 Å². The van der Waals surface area contributed by atoms with Gasteiger partial charge < -0.3 is 4.74 Å². The van der Waals surface area contributed by atoms with Gasteiger partial charge in [0.2, 0.25) is 0 Å². The van der Waals surface area contributed by atoms with E-state index in [-0.39, 0.29) is 11.5 Å². The number of ether oxygens (including phenoxy) is 1. The van der Waals surface area contributed by atoms with Crippen LogP contribution in [0.4, 0.5) is 0 Å². The van der Waals surface area contributed by atoms with Gasteiger partial charge in [0.1, 0.15) is 0 Å². The van der Waals surface area contributed by atoms with E-state index in [1.54, 1.807) is 6.08 Å². The third kappa shape index (κ3) is 3.04. The lowest BCUT2D eigenvalue weighted by Gasteiger charge is -2.32. The first-order valence-electron chi connectivity index (χ1n) is 6.62. The highest BCUT2D eigenvalue weighted by atomic mass is 16.5. The Morgan fingerprint density at radius 1 is 1.37 bits per heavy atom. The van der Waals surface area contributed by atoms with Crippen molar-refractivity contribution in [1.29, 1.82) is 0 Å². The van der Waals surface area contributed by atoms with Crippen LogP contribution in [0, 0.1) is 0 Å². The molecule has 3 nitrogen and oxygen atoms in total. The number of rotatable bonds is 3. The predicted octanol–water partition coefficient (Wildman–Crippen LogP) is 2.77. The van der Waals surface area contributed by atoms with Gasteiger partial charge in [-0.05, 0) is 31.4 Å². The molecule has 102 valence electrons. The molecule has 0 N–H and O–H groups in total. The van der Waals surface area contributed by atoms with Gasteiger partial charge in [0.25, 0.3) is 0 Å². The molecule has 2 rings (SSSR count). The number of carbonyl (C=O) groups is 1. The molecule has 0 unspecified atom stereocenters. The molecule has 1 fully saturated rings. The second-order valence-corrected chi connectivity index (χ2v) is 5.41. The van der Waals surface area contributed by atoms with E-state index in [0.717, 1.165) is 25.1 Å². The van der Waals surface area contributed by atoms with Crippen molar-refractivity contribution in [1.82, 2.24) is 4.90 Å². The maximum Gasteiger partial charge on any atom is 0.330 e. The van der Waals surface area contributed by atoms with E-state index < -0.39 is 0 Å². The number of esters is 1. The molecule has 1 aliphatic heterocycles. The fraction of sp³-hybridized carbons (Fsp3) is 0.438. The number of methoxy groups -OCH3 is 1. The molecule has 1 saturated heterocycles. The van der Waals surface area contributed by atoms with Crippen molar-refractivity contribution in [3.8, 4) is 0 Å². The standard InChI is InChI=1S/C16H21NO2/c1-16(2)14(11-15(18)19-3)9-10-17(16)12-13-7-5-4-6-8-13/h4-8,11H,9-10,12H2,1-3H3/b14-11+. The van der Waals surface area contributed by atoms with Crippen molar-refractivity contribution in [2.75, 3.05) is 13.7 Å². The summed E-state index contributed by atoms with van der Waals surface area (Å²) in [5.41, 5.74) is 2.36. The minimum Gasteiger partial charge on any atom is -0.466 e. The van der Waals surface area contributed by atoms with E-state index in [9.17, 15) is 4.79 Å². The van der Waals surface area contributed by atoms with Gasteiger partial charge in [-0.25, -0.2) is 4.79 Å². The van der Waals surface area contributed by atoms with Crippen molar-refractivity contribution in [2.24, 2.45) is 0 Å². The lowest BCUT2D eigenvalue weighted by atomic mass is 9.94. The lowest BCUT2D eigenvalue weighted by Crippen LogP contribution is -2.38.